The summed E-state index contributed by atoms with van der Waals surface area (Å²) in [4.78, 5) is 12.2. The second-order valence-electron chi connectivity index (χ2n) is 6.04. The van der Waals surface area contributed by atoms with Gasteiger partial charge in [0, 0.05) is 19.8 Å². The zero-order valence-corrected chi connectivity index (χ0v) is 15.1. The van der Waals surface area contributed by atoms with E-state index in [1.54, 1.807) is 0 Å². The summed E-state index contributed by atoms with van der Waals surface area (Å²) in [6.07, 6.45) is 3.87. The Bertz CT molecular complexity index is 493. The van der Waals surface area contributed by atoms with Gasteiger partial charge < -0.3 is 20.5 Å². The van der Waals surface area contributed by atoms with Crippen molar-refractivity contribution in [3.05, 3.63) is 29.8 Å². The van der Waals surface area contributed by atoms with E-state index < -0.39 is 6.04 Å². The molecule has 24 heavy (non-hydrogen) atoms. The first kappa shape index (κ1) is 20.7. The van der Waals surface area contributed by atoms with Crippen LogP contribution in [0.2, 0.25) is 0 Å². The quantitative estimate of drug-likeness (QED) is 0.702. The summed E-state index contributed by atoms with van der Waals surface area (Å²) in [6.45, 7) is 4.73. The van der Waals surface area contributed by atoms with Gasteiger partial charge in [0.1, 0.15) is 5.75 Å². The summed E-state index contributed by atoms with van der Waals surface area (Å²) in [5.74, 6) is 0.973. The fourth-order valence-corrected chi connectivity index (χ4v) is 2.68. The maximum atomic E-state index is 12.2. The third-order valence-corrected chi connectivity index (χ3v) is 4.21. The average molecular weight is 357 g/mol. The highest BCUT2D eigenvalue weighted by atomic mass is 35.5. The number of hydrogen-bond acceptors (Lipinski definition) is 4. The van der Waals surface area contributed by atoms with Crippen LogP contribution >= 0.6 is 12.4 Å². The van der Waals surface area contributed by atoms with Crippen LogP contribution in [0.15, 0.2) is 24.3 Å². The van der Waals surface area contributed by atoms with Gasteiger partial charge in [-0.15, -0.1) is 12.4 Å². The molecule has 0 bridgehead atoms. The van der Waals surface area contributed by atoms with Crippen LogP contribution in [-0.2, 0) is 16.1 Å². The SMILES string of the molecule is CCCCOc1cccc(CNC(=O)C(N)C2CCOCC2)c1.Cl. The Morgan fingerprint density at radius 1 is 1.42 bits per heavy atom. The van der Waals surface area contributed by atoms with E-state index in [4.69, 9.17) is 15.2 Å². The minimum Gasteiger partial charge on any atom is -0.494 e. The Kier molecular flexibility index (Phi) is 9.76. The largest absolute Gasteiger partial charge is 0.494 e. The van der Waals surface area contributed by atoms with Gasteiger partial charge in [-0.3, -0.25) is 4.79 Å². The number of carbonyl (C=O) groups excluding carboxylic acids is 1. The summed E-state index contributed by atoms with van der Waals surface area (Å²) in [5.41, 5.74) is 7.09. The standard InChI is InChI=1S/C18H28N2O3.ClH/c1-2-3-9-23-16-6-4-5-14(12-16)13-20-18(21)17(19)15-7-10-22-11-8-15;/h4-6,12,15,17H,2-3,7-11,13,19H2,1H3,(H,20,21);1H. The highest BCUT2D eigenvalue weighted by Gasteiger charge is 2.26. The molecule has 1 atom stereocenters. The maximum absolute atomic E-state index is 12.2. The molecular weight excluding hydrogens is 328 g/mol. The number of nitrogens with one attached hydrogen (secondary N) is 1. The third-order valence-electron chi connectivity index (χ3n) is 4.21. The average Bonchev–Trinajstić information content (AvgIpc) is 2.60. The van der Waals surface area contributed by atoms with Crippen LogP contribution in [0.1, 0.15) is 38.2 Å². The van der Waals surface area contributed by atoms with Gasteiger partial charge in [-0.2, -0.15) is 0 Å². The van der Waals surface area contributed by atoms with Gasteiger partial charge in [-0.1, -0.05) is 25.5 Å². The summed E-state index contributed by atoms with van der Waals surface area (Å²) in [6, 6.07) is 7.38. The molecule has 3 N–H and O–H groups in total. The van der Waals surface area contributed by atoms with Gasteiger partial charge in [0.15, 0.2) is 0 Å². The Morgan fingerprint density at radius 3 is 2.88 bits per heavy atom. The lowest BCUT2D eigenvalue weighted by atomic mass is 9.92. The lowest BCUT2D eigenvalue weighted by Crippen LogP contribution is -2.46. The molecule has 0 spiro atoms. The molecule has 0 aliphatic carbocycles. The van der Waals surface area contributed by atoms with Crippen molar-refractivity contribution in [3.63, 3.8) is 0 Å². The molecule has 1 saturated heterocycles. The third kappa shape index (κ3) is 6.67. The zero-order valence-electron chi connectivity index (χ0n) is 14.3. The van der Waals surface area contributed by atoms with Gasteiger partial charge in [0.25, 0.3) is 0 Å². The fraction of sp³-hybridized carbons (Fsp3) is 0.611. The maximum Gasteiger partial charge on any atom is 0.237 e. The van der Waals surface area contributed by atoms with Crippen LogP contribution in [0.3, 0.4) is 0 Å². The van der Waals surface area contributed by atoms with E-state index >= 15 is 0 Å². The van der Waals surface area contributed by atoms with Gasteiger partial charge in [0.2, 0.25) is 5.91 Å². The first-order valence-electron chi connectivity index (χ1n) is 8.53. The first-order valence-corrected chi connectivity index (χ1v) is 8.53. The minimum absolute atomic E-state index is 0. The summed E-state index contributed by atoms with van der Waals surface area (Å²) in [7, 11) is 0. The molecule has 0 saturated carbocycles. The Balaban J connectivity index is 0.00000288. The second-order valence-corrected chi connectivity index (χ2v) is 6.04. The van der Waals surface area contributed by atoms with Crippen molar-refractivity contribution in [1.82, 2.24) is 5.32 Å². The zero-order chi connectivity index (χ0) is 16.5. The first-order chi connectivity index (χ1) is 11.2. The number of hydrogen-bond donors (Lipinski definition) is 2. The summed E-state index contributed by atoms with van der Waals surface area (Å²) < 4.78 is 11.0. The normalized spacial score (nSPS) is 16.1. The van der Waals surface area contributed by atoms with E-state index in [1.807, 2.05) is 24.3 Å². The lowest BCUT2D eigenvalue weighted by Gasteiger charge is -2.26. The van der Waals surface area contributed by atoms with Crippen molar-refractivity contribution >= 4 is 18.3 Å². The van der Waals surface area contributed by atoms with Crippen LogP contribution in [0.5, 0.6) is 5.75 Å². The molecule has 1 aliphatic rings. The van der Waals surface area contributed by atoms with E-state index in [2.05, 4.69) is 12.2 Å². The topological polar surface area (TPSA) is 73.6 Å². The summed E-state index contributed by atoms with van der Waals surface area (Å²) >= 11 is 0. The number of unbranched alkanes of at least 4 members (excludes halogenated alkanes) is 1. The van der Waals surface area contributed by atoms with Crippen LogP contribution in [0.4, 0.5) is 0 Å². The van der Waals surface area contributed by atoms with Crippen molar-refractivity contribution in [2.45, 2.75) is 45.2 Å². The molecule has 1 unspecified atom stereocenters. The molecule has 0 radical (unpaired) electrons. The predicted octanol–water partition coefficient (Wildman–Crippen LogP) is 2.66. The Labute approximate surface area is 150 Å². The molecule has 1 heterocycles. The van der Waals surface area contributed by atoms with E-state index in [9.17, 15) is 4.79 Å². The van der Waals surface area contributed by atoms with Crippen LogP contribution in [0.25, 0.3) is 0 Å². The number of ether oxygens (including phenoxy) is 2. The Morgan fingerprint density at radius 2 is 2.17 bits per heavy atom. The van der Waals surface area contributed by atoms with E-state index in [0.29, 0.717) is 19.8 Å². The molecule has 1 fully saturated rings. The van der Waals surface area contributed by atoms with E-state index in [1.165, 1.54) is 0 Å². The molecule has 5 nitrogen and oxygen atoms in total. The van der Waals surface area contributed by atoms with Crippen molar-refractivity contribution in [3.8, 4) is 5.75 Å². The molecule has 1 aromatic rings. The van der Waals surface area contributed by atoms with E-state index in [0.717, 1.165) is 43.6 Å². The lowest BCUT2D eigenvalue weighted by molar-refractivity contribution is -0.124. The van der Waals surface area contributed by atoms with Crippen LogP contribution in [0, 0.1) is 5.92 Å². The van der Waals surface area contributed by atoms with Gasteiger partial charge in [-0.25, -0.2) is 0 Å². The van der Waals surface area contributed by atoms with Gasteiger partial charge in [-0.05, 0) is 42.9 Å². The smallest absolute Gasteiger partial charge is 0.237 e. The molecule has 1 amide bonds. The molecule has 2 rings (SSSR count). The molecule has 0 aromatic heterocycles. The Hall–Kier alpha value is -1.30. The second kappa shape index (κ2) is 11.3. The number of nitrogens with two attached hydrogens (primary N) is 1. The van der Waals surface area contributed by atoms with Crippen molar-refractivity contribution in [1.29, 1.82) is 0 Å². The molecular formula is C18H29ClN2O3. The molecule has 6 heteroatoms. The van der Waals surface area contributed by atoms with Crippen LogP contribution < -0.4 is 15.8 Å². The highest BCUT2D eigenvalue weighted by Crippen LogP contribution is 2.18. The minimum atomic E-state index is -0.456. The number of carbonyl (C=O) groups is 1. The molecule has 136 valence electrons. The molecule has 1 aromatic carbocycles. The predicted molar refractivity (Wildman–Crippen MR) is 97.5 cm³/mol. The number of amides is 1. The van der Waals surface area contributed by atoms with Gasteiger partial charge >= 0.3 is 0 Å². The highest BCUT2D eigenvalue weighted by molar-refractivity contribution is 5.85. The van der Waals surface area contributed by atoms with E-state index in [-0.39, 0.29) is 24.2 Å². The van der Waals surface area contributed by atoms with Crippen LogP contribution in [-0.4, -0.2) is 31.8 Å². The number of halogens is 1. The van der Waals surface area contributed by atoms with Crippen molar-refractivity contribution in [2.24, 2.45) is 11.7 Å². The van der Waals surface area contributed by atoms with Crippen molar-refractivity contribution < 1.29 is 14.3 Å². The van der Waals surface area contributed by atoms with Crippen molar-refractivity contribution in [2.75, 3.05) is 19.8 Å². The number of rotatable bonds is 8. The fourth-order valence-electron chi connectivity index (χ4n) is 2.68. The number of benzene rings is 1. The summed E-state index contributed by atoms with van der Waals surface area (Å²) in [5, 5.41) is 2.93. The monoisotopic (exact) mass is 356 g/mol. The molecule has 1 aliphatic heterocycles. The van der Waals surface area contributed by atoms with Gasteiger partial charge in [0.05, 0.1) is 12.6 Å².